The van der Waals surface area contributed by atoms with Gasteiger partial charge in [0.25, 0.3) is 0 Å². The lowest BCUT2D eigenvalue weighted by atomic mass is 9.81. The van der Waals surface area contributed by atoms with Crippen LogP contribution >= 0.6 is 0 Å². The van der Waals surface area contributed by atoms with Crippen molar-refractivity contribution in [1.29, 1.82) is 0 Å². The van der Waals surface area contributed by atoms with Crippen LogP contribution in [0.1, 0.15) is 35.8 Å². The van der Waals surface area contributed by atoms with E-state index >= 15 is 0 Å². The van der Waals surface area contributed by atoms with E-state index in [1.54, 1.807) is 0 Å². The van der Waals surface area contributed by atoms with E-state index in [4.69, 9.17) is 4.84 Å². The Labute approximate surface area is 107 Å². The number of benzene rings is 2. The second kappa shape index (κ2) is 3.67. The summed E-state index contributed by atoms with van der Waals surface area (Å²) in [5.41, 5.74) is 4.10. The Morgan fingerprint density at radius 2 is 1.56 bits per heavy atom. The number of rotatable bonds is 1. The zero-order valence-electron chi connectivity index (χ0n) is 10.3. The summed E-state index contributed by atoms with van der Waals surface area (Å²) >= 11 is 0. The Balaban J connectivity index is 1.88. The normalized spacial score (nSPS) is 32.5. The van der Waals surface area contributed by atoms with Gasteiger partial charge in [0.2, 0.25) is 0 Å². The molecule has 1 unspecified atom stereocenters. The third kappa shape index (κ3) is 1.36. The fourth-order valence-corrected chi connectivity index (χ4v) is 3.14. The molecule has 4 atom stereocenters. The van der Waals surface area contributed by atoms with E-state index in [1.807, 2.05) is 0 Å². The number of nitrogens with zero attached hydrogens (tertiary/aromatic N) is 1. The van der Waals surface area contributed by atoms with Crippen molar-refractivity contribution >= 4 is 0 Å². The van der Waals surface area contributed by atoms with Crippen LogP contribution in [0.3, 0.4) is 0 Å². The maximum absolute atomic E-state index is 5.70. The zero-order chi connectivity index (χ0) is 12.1. The largest absolute Gasteiger partial charge is 0.270 e. The van der Waals surface area contributed by atoms with Gasteiger partial charge in [-0.25, -0.2) is 0 Å². The van der Waals surface area contributed by atoms with Gasteiger partial charge in [-0.15, -0.1) is 5.06 Å². The molecule has 0 spiro atoms. The summed E-state index contributed by atoms with van der Waals surface area (Å²) in [5, 5.41) is 2.11. The van der Waals surface area contributed by atoms with E-state index < -0.39 is 0 Å². The molecule has 2 nitrogen and oxygen atoms in total. The van der Waals surface area contributed by atoms with Crippen LogP contribution in [0.25, 0.3) is 0 Å². The maximum atomic E-state index is 5.70. The van der Waals surface area contributed by atoms with Crippen molar-refractivity contribution in [3.8, 4) is 0 Å². The van der Waals surface area contributed by atoms with Gasteiger partial charge >= 0.3 is 0 Å². The van der Waals surface area contributed by atoms with Gasteiger partial charge in [-0.05, 0) is 18.1 Å². The van der Waals surface area contributed by atoms with E-state index in [1.165, 1.54) is 16.7 Å². The smallest absolute Gasteiger partial charge is 0.180 e. The summed E-state index contributed by atoms with van der Waals surface area (Å²) in [6, 6.07) is 19.7. The summed E-state index contributed by atoms with van der Waals surface area (Å²) in [6.07, 6.45) is 0.191. The molecule has 1 fully saturated rings. The molecular formula is C16H15NO. The minimum absolute atomic E-state index is 0.191. The molecule has 2 aliphatic heterocycles. The van der Waals surface area contributed by atoms with Gasteiger partial charge in [-0.1, -0.05) is 54.6 Å². The molecule has 0 aliphatic carbocycles. The van der Waals surface area contributed by atoms with Crippen molar-refractivity contribution in [3.63, 3.8) is 0 Å². The minimum atomic E-state index is 0.191. The molecule has 2 aromatic rings. The first-order valence-corrected chi connectivity index (χ1v) is 6.45. The van der Waals surface area contributed by atoms with Crippen LogP contribution in [0, 0.1) is 0 Å². The number of hydrogen-bond acceptors (Lipinski definition) is 2. The molecule has 2 aliphatic rings. The molecule has 2 heterocycles. The summed E-state index contributed by atoms with van der Waals surface area (Å²) in [6.45, 7) is 2.24. The van der Waals surface area contributed by atoms with Gasteiger partial charge in [-0.3, -0.25) is 4.84 Å². The summed E-state index contributed by atoms with van der Waals surface area (Å²) in [7, 11) is 0. The first kappa shape index (κ1) is 10.3. The Morgan fingerprint density at radius 3 is 2.33 bits per heavy atom. The third-order valence-electron chi connectivity index (χ3n) is 4.05. The molecule has 0 aromatic heterocycles. The minimum Gasteiger partial charge on any atom is -0.270 e. The lowest BCUT2D eigenvalue weighted by Crippen LogP contribution is -2.29. The molecular weight excluding hydrogens is 222 g/mol. The van der Waals surface area contributed by atoms with E-state index in [0.29, 0.717) is 12.0 Å². The highest BCUT2D eigenvalue weighted by Crippen LogP contribution is 2.51. The lowest BCUT2D eigenvalue weighted by Gasteiger charge is -2.29. The quantitative estimate of drug-likeness (QED) is 0.706. The molecule has 0 radical (unpaired) electrons. The van der Waals surface area contributed by atoms with Crippen LogP contribution in [0.15, 0.2) is 54.6 Å². The molecule has 2 aromatic carbocycles. The third-order valence-corrected chi connectivity index (χ3v) is 4.05. The fraction of sp³-hybridized carbons (Fsp3) is 0.250. The van der Waals surface area contributed by atoms with Crippen molar-refractivity contribution in [1.82, 2.24) is 5.06 Å². The zero-order valence-corrected chi connectivity index (χ0v) is 10.3. The number of hydroxylamine groups is 2. The van der Waals surface area contributed by atoms with Gasteiger partial charge in [0.05, 0.1) is 0 Å². The average molecular weight is 237 g/mol. The Kier molecular flexibility index (Phi) is 2.10. The Bertz CT molecular complexity index is 581. The Hall–Kier alpha value is -1.64. The van der Waals surface area contributed by atoms with Crippen molar-refractivity contribution in [2.75, 3.05) is 0 Å². The van der Waals surface area contributed by atoms with E-state index in [0.717, 1.165) is 0 Å². The first-order valence-electron chi connectivity index (χ1n) is 6.45. The van der Waals surface area contributed by atoms with E-state index in [-0.39, 0.29) is 6.23 Å². The molecule has 0 saturated carbocycles. The second-order valence-electron chi connectivity index (χ2n) is 5.08. The van der Waals surface area contributed by atoms with Crippen LogP contribution in [0.5, 0.6) is 0 Å². The molecule has 90 valence electrons. The van der Waals surface area contributed by atoms with Crippen LogP contribution in [0.2, 0.25) is 0 Å². The topological polar surface area (TPSA) is 15.5 Å². The molecule has 1 saturated heterocycles. The van der Waals surface area contributed by atoms with Gasteiger partial charge in [0.1, 0.15) is 0 Å². The van der Waals surface area contributed by atoms with Gasteiger partial charge in [-0.2, -0.15) is 0 Å². The van der Waals surface area contributed by atoms with Crippen LogP contribution in [-0.2, 0) is 4.84 Å². The summed E-state index contributed by atoms with van der Waals surface area (Å²) in [5.74, 6) is 0.404. The molecule has 0 bridgehead atoms. The summed E-state index contributed by atoms with van der Waals surface area (Å²) < 4.78 is 0. The van der Waals surface area contributed by atoms with Crippen LogP contribution in [-0.4, -0.2) is 11.1 Å². The lowest BCUT2D eigenvalue weighted by molar-refractivity contribution is 0.146. The predicted molar refractivity (Wildman–Crippen MR) is 69.9 cm³/mol. The summed E-state index contributed by atoms with van der Waals surface area (Å²) in [4.78, 5) is 5.70. The van der Waals surface area contributed by atoms with Crippen molar-refractivity contribution < 1.29 is 4.84 Å². The second-order valence-corrected chi connectivity index (χ2v) is 5.08. The highest BCUT2D eigenvalue weighted by Gasteiger charge is 2.50. The van der Waals surface area contributed by atoms with E-state index in [9.17, 15) is 0 Å². The molecule has 4 rings (SSSR count). The van der Waals surface area contributed by atoms with Gasteiger partial charge < -0.3 is 0 Å². The van der Waals surface area contributed by atoms with Crippen LogP contribution < -0.4 is 0 Å². The molecule has 2 heteroatoms. The molecule has 0 N–H and O–H groups in total. The SMILES string of the molecule is C[C@@H]1[C@@H](c2ccccc2)c2ccccc2[C@@H]2ON12. The van der Waals surface area contributed by atoms with Crippen molar-refractivity contribution in [2.45, 2.75) is 25.1 Å². The van der Waals surface area contributed by atoms with Crippen molar-refractivity contribution in [3.05, 3.63) is 71.3 Å². The highest BCUT2D eigenvalue weighted by molar-refractivity contribution is 5.43. The predicted octanol–water partition coefficient (Wildman–Crippen LogP) is 3.47. The fourth-order valence-electron chi connectivity index (χ4n) is 3.14. The monoisotopic (exact) mass is 237 g/mol. The Morgan fingerprint density at radius 1 is 0.889 bits per heavy atom. The van der Waals surface area contributed by atoms with Gasteiger partial charge in [0.15, 0.2) is 6.23 Å². The number of fused-ring (bicyclic) bond motifs is 3. The van der Waals surface area contributed by atoms with Gasteiger partial charge in [0, 0.05) is 17.5 Å². The highest BCUT2D eigenvalue weighted by atomic mass is 16.8. The standard InChI is InChI=1S/C16H15NO/c1-11-15(12-7-3-2-4-8-12)13-9-5-6-10-14(13)16-17(11)18-16/h2-11,15-16H,1H3/t11-,15+,16+,17?/m1/s1. The molecule has 18 heavy (non-hydrogen) atoms. The first-order chi connectivity index (χ1) is 8.86. The van der Waals surface area contributed by atoms with Crippen molar-refractivity contribution in [2.24, 2.45) is 0 Å². The molecule has 0 amide bonds. The van der Waals surface area contributed by atoms with Crippen LogP contribution in [0.4, 0.5) is 0 Å². The number of hydrogen-bond donors (Lipinski definition) is 0. The average Bonchev–Trinajstić information content (AvgIpc) is 3.21. The van der Waals surface area contributed by atoms with E-state index in [2.05, 4.69) is 66.6 Å². The maximum Gasteiger partial charge on any atom is 0.180 e.